The molecule has 1 aromatic heterocycles. The molecule has 0 aliphatic rings. The number of aromatic nitrogens is 2. The van der Waals surface area contributed by atoms with Crippen LogP contribution in [-0.2, 0) is 6.54 Å². The summed E-state index contributed by atoms with van der Waals surface area (Å²) in [6.07, 6.45) is 0. The van der Waals surface area contributed by atoms with Gasteiger partial charge in [0.2, 0.25) is 5.89 Å². The number of rotatable bonds is 8. The molecule has 0 saturated carbocycles. The third-order valence-electron chi connectivity index (χ3n) is 3.22. The van der Waals surface area contributed by atoms with Gasteiger partial charge in [-0.05, 0) is 23.9 Å². The Kier molecular flexibility index (Phi) is 5.75. The van der Waals surface area contributed by atoms with Crippen LogP contribution in [0.15, 0.2) is 34.7 Å². The van der Waals surface area contributed by atoms with Crippen molar-refractivity contribution >= 4 is 6.01 Å². The van der Waals surface area contributed by atoms with Gasteiger partial charge in [-0.3, -0.25) is 0 Å². The van der Waals surface area contributed by atoms with Crippen molar-refractivity contribution in [3.05, 3.63) is 41.8 Å². The first-order chi connectivity index (χ1) is 10.1. The molecule has 0 saturated heterocycles. The van der Waals surface area contributed by atoms with Gasteiger partial charge >= 0.3 is 6.01 Å². The van der Waals surface area contributed by atoms with Crippen LogP contribution in [-0.4, -0.2) is 23.3 Å². The zero-order valence-corrected chi connectivity index (χ0v) is 13.0. The van der Waals surface area contributed by atoms with Crippen molar-refractivity contribution in [2.45, 2.75) is 33.2 Å². The normalized spacial score (nSPS) is 12.6. The molecule has 5 nitrogen and oxygen atoms in total. The highest BCUT2D eigenvalue weighted by Gasteiger charge is 2.09. The van der Waals surface area contributed by atoms with Gasteiger partial charge in [0.15, 0.2) is 0 Å². The van der Waals surface area contributed by atoms with Gasteiger partial charge < -0.3 is 15.1 Å². The fourth-order valence-electron chi connectivity index (χ4n) is 2.00. The first kappa shape index (κ1) is 15.5. The Balaban J connectivity index is 1.77. The molecule has 0 bridgehead atoms. The summed E-state index contributed by atoms with van der Waals surface area (Å²) in [7, 11) is 0. The predicted molar refractivity (Wildman–Crippen MR) is 84.2 cm³/mol. The average Bonchev–Trinajstić information content (AvgIpc) is 2.93. The van der Waals surface area contributed by atoms with E-state index in [-0.39, 0.29) is 0 Å². The number of anilines is 1. The molecule has 5 heteroatoms. The first-order valence-electron chi connectivity index (χ1n) is 7.47. The van der Waals surface area contributed by atoms with Gasteiger partial charge in [-0.1, -0.05) is 56.2 Å². The van der Waals surface area contributed by atoms with Crippen molar-refractivity contribution in [1.82, 2.24) is 15.5 Å². The lowest BCUT2D eigenvalue weighted by Crippen LogP contribution is -2.19. The molecule has 114 valence electrons. The van der Waals surface area contributed by atoms with Gasteiger partial charge in [0.05, 0.1) is 6.54 Å². The second-order valence-corrected chi connectivity index (χ2v) is 5.72. The maximum atomic E-state index is 5.56. The molecule has 0 aliphatic carbocycles. The molecule has 1 unspecified atom stereocenters. The summed E-state index contributed by atoms with van der Waals surface area (Å²) in [5, 5.41) is 14.5. The number of hydrogen-bond acceptors (Lipinski definition) is 5. The molecule has 21 heavy (non-hydrogen) atoms. The summed E-state index contributed by atoms with van der Waals surface area (Å²) in [6, 6.07) is 10.9. The van der Waals surface area contributed by atoms with Gasteiger partial charge in [0.1, 0.15) is 0 Å². The molecular weight excluding hydrogens is 264 g/mol. The number of nitrogens with zero attached hydrogens (tertiary/aromatic N) is 2. The van der Waals surface area contributed by atoms with E-state index in [1.165, 1.54) is 5.56 Å². The van der Waals surface area contributed by atoms with Crippen LogP contribution in [0.1, 0.15) is 38.1 Å². The molecule has 2 rings (SSSR count). The number of nitrogens with one attached hydrogen (secondary N) is 2. The minimum absolute atomic E-state index is 0.389. The fraction of sp³-hybridized carbons (Fsp3) is 0.500. The molecule has 0 fully saturated rings. The Morgan fingerprint density at radius 3 is 2.52 bits per heavy atom. The predicted octanol–water partition coefficient (Wildman–Crippen LogP) is 3.03. The van der Waals surface area contributed by atoms with Crippen LogP contribution < -0.4 is 10.6 Å². The standard InChI is InChI=1S/C16H24N4O/c1-12(2)9-17-11-15-19-20-16(21-15)18-10-13(3)14-7-5-4-6-8-14/h4-8,12-13,17H,9-11H2,1-3H3,(H,18,20). The Hall–Kier alpha value is -1.88. The van der Waals surface area contributed by atoms with E-state index in [9.17, 15) is 0 Å². The third kappa shape index (κ3) is 5.19. The number of hydrogen-bond donors (Lipinski definition) is 2. The Morgan fingerprint density at radius 2 is 1.81 bits per heavy atom. The molecular formula is C16H24N4O. The van der Waals surface area contributed by atoms with Gasteiger partial charge in [-0.25, -0.2) is 0 Å². The first-order valence-corrected chi connectivity index (χ1v) is 7.47. The Morgan fingerprint density at radius 1 is 1.05 bits per heavy atom. The van der Waals surface area contributed by atoms with Crippen molar-refractivity contribution in [3.8, 4) is 0 Å². The van der Waals surface area contributed by atoms with E-state index >= 15 is 0 Å². The lowest BCUT2D eigenvalue weighted by molar-refractivity contribution is 0.458. The van der Waals surface area contributed by atoms with Crippen molar-refractivity contribution in [2.24, 2.45) is 5.92 Å². The van der Waals surface area contributed by atoms with Crippen molar-refractivity contribution in [1.29, 1.82) is 0 Å². The van der Waals surface area contributed by atoms with Gasteiger partial charge in [-0.15, -0.1) is 5.10 Å². The van der Waals surface area contributed by atoms with Crippen LogP contribution in [0, 0.1) is 5.92 Å². The quantitative estimate of drug-likeness (QED) is 0.781. The topological polar surface area (TPSA) is 63.0 Å². The molecule has 2 N–H and O–H groups in total. The minimum Gasteiger partial charge on any atom is -0.407 e. The SMILES string of the molecule is CC(C)CNCc1nnc(NCC(C)c2ccccc2)o1. The van der Waals surface area contributed by atoms with E-state index < -0.39 is 0 Å². The summed E-state index contributed by atoms with van der Waals surface area (Å²) in [5.41, 5.74) is 1.29. The highest BCUT2D eigenvalue weighted by molar-refractivity contribution is 5.23. The van der Waals surface area contributed by atoms with E-state index in [0.29, 0.717) is 30.3 Å². The average molecular weight is 288 g/mol. The zero-order valence-electron chi connectivity index (χ0n) is 13.0. The van der Waals surface area contributed by atoms with Crippen molar-refractivity contribution in [3.63, 3.8) is 0 Å². The van der Waals surface area contributed by atoms with Crippen LogP contribution in [0.5, 0.6) is 0 Å². The highest BCUT2D eigenvalue weighted by Crippen LogP contribution is 2.15. The zero-order chi connectivity index (χ0) is 15.1. The molecule has 0 radical (unpaired) electrons. The molecule has 1 aromatic carbocycles. The Bertz CT molecular complexity index is 524. The summed E-state index contributed by atoms with van der Waals surface area (Å²) in [6.45, 7) is 8.82. The lowest BCUT2D eigenvalue weighted by Gasteiger charge is -2.11. The highest BCUT2D eigenvalue weighted by atomic mass is 16.4. The largest absolute Gasteiger partial charge is 0.407 e. The van der Waals surface area contributed by atoms with Crippen LogP contribution in [0.4, 0.5) is 6.01 Å². The van der Waals surface area contributed by atoms with Gasteiger partial charge in [-0.2, -0.15) is 0 Å². The third-order valence-corrected chi connectivity index (χ3v) is 3.22. The van der Waals surface area contributed by atoms with E-state index in [4.69, 9.17) is 4.42 Å². The van der Waals surface area contributed by atoms with E-state index in [1.807, 2.05) is 6.07 Å². The second kappa shape index (κ2) is 7.78. The monoisotopic (exact) mass is 288 g/mol. The summed E-state index contributed by atoms with van der Waals surface area (Å²) in [5.74, 6) is 1.61. The van der Waals surface area contributed by atoms with Crippen molar-refractivity contribution < 1.29 is 4.42 Å². The molecule has 1 atom stereocenters. The lowest BCUT2D eigenvalue weighted by atomic mass is 10.0. The maximum Gasteiger partial charge on any atom is 0.315 e. The van der Waals surface area contributed by atoms with Crippen LogP contribution in [0.25, 0.3) is 0 Å². The Labute approximate surface area is 126 Å². The van der Waals surface area contributed by atoms with Crippen LogP contribution in [0.2, 0.25) is 0 Å². The summed E-state index contributed by atoms with van der Waals surface area (Å²) in [4.78, 5) is 0. The minimum atomic E-state index is 0.389. The van der Waals surface area contributed by atoms with Crippen LogP contribution in [0.3, 0.4) is 0 Å². The molecule has 2 aromatic rings. The fourth-order valence-corrected chi connectivity index (χ4v) is 2.00. The van der Waals surface area contributed by atoms with Crippen LogP contribution >= 0.6 is 0 Å². The maximum absolute atomic E-state index is 5.56. The van der Waals surface area contributed by atoms with E-state index in [0.717, 1.165) is 13.1 Å². The van der Waals surface area contributed by atoms with E-state index in [1.54, 1.807) is 0 Å². The molecule has 0 spiro atoms. The molecule has 0 amide bonds. The molecule has 0 aliphatic heterocycles. The van der Waals surface area contributed by atoms with E-state index in [2.05, 4.69) is 65.9 Å². The second-order valence-electron chi connectivity index (χ2n) is 5.72. The summed E-state index contributed by atoms with van der Waals surface area (Å²) >= 11 is 0. The summed E-state index contributed by atoms with van der Waals surface area (Å²) < 4.78 is 5.56. The molecule has 1 heterocycles. The smallest absolute Gasteiger partial charge is 0.315 e. The van der Waals surface area contributed by atoms with Gasteiger partial charge in [0.25, 0.3) is 0 Å². The van der Waals surface area contributed by atoms with Gasteiger partial charge in [0, 0.05) is 6.54 Å². The number of benzene rings is 1. The van der Waals surface area contributed by atoms with Crippen molar-refractivity contribution in [2.75, 3.05) is 18.4 Å².